The Kier molecular flexibility index (Phi) is 4.66. The lowest BCUT2D eigenvalue weighted by Crippen LogP contribution is -2.40. The minimum absolute atomic E-state index is 0.000246. The third kappa shape index (κ3) is 3.32. The van der Waals surface area contributed by atoms with Crippen LogP contribution in [0.15, 0.2) is 36.4 Å². The molecule has 0 saturated carbocycles. The number of nitrogens with one attached hydrogen (secondary N) is 1. The van der Waals surface area contributed by atoms with Gasteiger partial charge in [-0.2, -0.15) is 0 Å². The smallest absolute Gasteiger partial charge is 0.200 e. The molecule has 1 aliphatic heterocycles. The van der Waals surface area contributed by atoms with Gasteiger partial charge in [0, 0.05) is 25.2 Å². The summed E-state index contributed by atoms with van der Waals surface area (Å²) in [5.74, 6) is 1.65. The maximum Gasteiger partial charge on any atom is 0.200 e. The molecule has 2 aromatic heterocycles. The van der Waals surface area contributed by atoms with E-state index in [1.54, 1.807) is 0 Å². The van der Waals surface area contributed by atoms with Gasteiger partial charge in [-0.05, 0) is 60.0 Å². The highest BCUT2D eigenvalue weighted by Crippen LogP contribution is 2.36. The third-order valence-corrected chi connectivity index (χ3v) is 4.91. The summed E-state index contributed by atoms with van der Waals surface area (Å²) >= 11 is 0. The predicted octanol–water partition coefficient (Wildman–Crippen LogP) is 2.08. The van der Waals surface area contributed by atoms with Gasteiger partial charge in [0.05, 0.1) is 6.61 Å². The van der Waals surface area contributed by atoms with Crippen molar-refractivity contribution in [3.05, 3.63) is 42.0 Å². The van der Waals surface area contributed by atoms with Crippen molar-refractivity contribution in [1.82, 2.24) is 25.3 Å². The van der Waals surface area contributed by atoms with Crippen LogP contribution in [0, 0.1) is 0 Å². The molecule has 0 atom stereocenters. The number of aromatic nitrogens is 5. The van der Waals surface area contributed by atoms with E-state index >= 15 is 0 Å². The molecule has 136 valence electrons. The van der Waals surface area contributed by atoms with Gasteiger partial charge in [0.25, 0.3) is 0 Å². The van der Waals surface area contributed by atoms with Gasteiger partial charge in [-0.3, -0.25) is 0 Å². The standard InChI is InChI=1S/C18H22N6O2/c1-2-26-15-5-3-14(4-6-15)18(9-11-25-12-10-18)13-19-16-7-8-17-20-22-23-24(17)21-16/h3-8H,2,9-13H2,1H3,(H,19,21). The van der Waals surface area contributed by atoms with Crippen LogP contribution in [0.2, 0.25) is 0 Å². The Balaban J connectivity index is 1.55. The van der Waals surface area contributed by atoms with Crippen LogP contribution in [0.25, 0.3) is 5.65 Å². The van der Waals surface area contributed by atoms with Gasteiger partial charge in [0.1, 0.15) is 11.6 Å². The van der Waals surface area contributed by atoms with E-state index in [2.05, 4.69) is 38.1 Å². The maximum atomic E-state index is 5.61. The lowest BCUT2D eigenvalue weighted by Gasteiger charge is -2.38. The van der Waals surface area contributed by atoms with Crippen LogP contribution < -0.4 is 10.1 Å². The summed E-state index contributed by atoms with van der Waals surface area (Å²) in [6.07, 6.45) is 1.92. The SMILES string of the molecule is CCOc1ccc(C2(CNc3ccc4nnnn4n3)CCOCC2)cc1. The maximum absolute atomic E-state index is 5.61. The summed E-state index contributed by atoms with van der Waals surface area (Å²) in [5.41, 5.74) is 1.92. The van der Waals surface area contributed by atoms with E-state index in [-0.39, 0.29) is 5.41 Å². The third-order valence-electron chi connectivity index (χ3n) is 4.91. The first kappa shape index (κ1) is 16.7. The van der Waals surface area contributed by atoms with Gasteiger partial charge in [-0.15, -0.1) is 14.8 Å². The molecule has 4 rings (SSSR count). The van der Waals surface area contributed by atoms with Crippen molar-refractivity contribution in [2.45, 2.75) is 25.2 Å². The van der Waals surface area contributed by atoms with Crippen molar-refractivity contribution in [2.24, 2.45) is 0 Å². The Morgan fingerprint density at radius 2 is 1.96 bits per heavy atom. The molecule has 3 aromatic rings. The highest BCUT2D eigenvalue weighted by molar-refractivity contribution is 5.43. The van der Waals surface area contributed by atoms with E-state index in [0.717, 1.165) is 44.2 Å². The van der Waals surface area contributed by atoms with Gasteiger partial charge in [-0.1, -0.05) is 12.1 Å². The Morgan fingerprint density at radius 3 is 2.73 bits per heavy atom. The van der Waals surface area contributed by atoms with Crippen molar-refractivity contribution in [1.29, 1.82) is 0 Å². The van der Waals surface area contributed by atoms with Crippen LogP contribution in [0.1, 0.15) is 25.3 Å². The van der Waals surface area contributed by atoms with Gasteiger partial charge < -0.3 is 14.8 Å². The minimum Gasteiger partial charge on any atom is -0.494 e. The molecule has 26 heavy (non-hydrogen) atoms. The fourth-order valence-electron chi connectivity index (χ4n) is 3.40. The van der Waals surface area contributed by atoms with Crippen LogP contribution in [-0.2, 0) is 10.2 Å². The Labute approximate surface area is 151 Å². The molecule has 1 N–H and O–H groups in total. The zero-order valence-electron chi connectivity index (χ0n) is 14.8. The summed E-state index contributed by atoms with van der Waals surface area (Å²) in [4.78, 5) is 0. The van der Waals surface area contributed by atoms with Crippen molar-refractivity contribution >= 4 is 11.5 Å². The van der Waals surface area contributed by atoms with E-state index in [9.17, 15) is 0 Å². The zero-order valence-corrected chi connectivity index (χ0v) is 14.8. The fourth-order valence-corrected chi connectivity index (χ4v) is 3.40. The quantitative estimate of drug-likeness (QED) is 0.725. The van der Waals surface area contributed by atoms with Gasteiger partial charge in [-0.25, -0.2) is 0 Å². The molecule has 0 bridgehead atoms. The van der Waals surface area contributed by atoms with Crippen LogP contribution in [0.4, 0.5) is 5.82 Å². The van der Waals surface area contributed by atoms with E-state index in [0.29, 0.717) is 12.3 Å². The second-order valence-electron chi connectivity index (χ2n) is 6.45. The number of anilines is 1. The first-order valence-electron chi connectivity index (χ1n) is 8.89. The molecule has 1 aromatic carbocycles. The predicted molar refractivity (Wildman–Crippen MR) is 96.4 cm³/mol. The highest BCUT2D eigenvalue weighted by atomic mass is 16.5. The average Bonchev–Trinajstić information content (AvgIpc) is 3.16. The summed E-state index contributed by atoms with van der Waals surface area (Å²) in [5, 5.41) is 19.2. The summed E-state index contributed by atoms with van der Waals surface area (Å²) < 4.78 is 12.6. The normalized spacial score (nSPS) is 16.5. The number of fused-ring (bicyclic) bond motifs is 1. The van der Waals surface area contributed by atoms with E-state index in [4.69, 9.17) is 9.47 Å². The number of nitrogens with zero attached hydrogens (tertiary/aromatic N) is 5. The molecular weight excluding hydrogens is 332 g/mol. The average molecular weight is 354 g/mol. The molecule has 1 saturated heterocycles. The van der Waals surface area contributed by atoms with Gasteiger partial charge >= 0.3 is 0 Å². The molecule has 0 radical (unpaired) electrons. The molecule has 0 amide bonds. The summed E-state index contributed by atoms with van der Waals surface area (Å²) in [7, 11) is 0. The first-order chi connectivity index (χ1) is 12.8. The van der Waals surface area contributed by atoms with E-state index in [1.165, 1.54) is 10.2 Å². The first-order valence-corrected chi connectivity index (χ1v) is 8.89. The van der Waals surface area contributed by atoms with E-state index in [1.807, 2.05) is 31.2 Å². The van der Waals surface area contributed by atoms with E-state index < -0.39 is 0 Å². The molecule has 0 unspecified atom stereocenters. The largest absolute Gasteiger partial charge is 0.494 e. The van der Waals surface area contributed by atoms with Crippen LogP contribution in [0.3, 0.4) is 0 Å². The molecule has 1 aliphatic rings. The van der Waals surface area contributed by atoms with Crippen LogP contribution >= 0.6 is 0 Å². The van der Waals surface area contributed by atoms with Crippen molar-refractivity contribution in [3.8, 4) is 5.75 Å². The Hall–Kier alpha value is -2.74. The minimum atomic E-state index is 0.000246. The Bertz CT molecular complexity index is 858. The second kappa shape index (κ2) is 7.25. The number of tetrazole rings is 1. The molecule has 8 heteroatoms. The Morgan fingerprint density at radius 1 is 1.15 bits per heavy atom. The number of rotatable bonds is 6. The molecule has 1 fully saturated rings. The summed E-state index contributed by atoms with van der Waals surface area (Å²) in [6.45, 7) is 4.95. The molecule has 3 heterocycles. The number of hydrogen-bond donors (Lipinski definition) is 1. The van der Waals surface area contributed by atoms with Gasteiger partial charge in [0.15, 0.2) is 5.65 Å². The summed E-state index contributed by atoms with van der Waals surface area (Å²) in [6, 6.07) is 12.2. The number of hydrogen-bond acceptors (Lipinski definition) is 7. The number of benzene rings is 1. The zero-order chi connectivity index (χ0) is 17.8. The molecule has 8 nitrogen and oxygen atoms in total. The van der Waals surface area contributed by atoms with Crippen molar-refractivity contribution in [3.63, 3.8) is 0 Å². The second-order valence-corrected chi connectivity index (χ2v) is 6.45. The molecular formula is C18H22N6O2. The fraction of sp³-hybridized carbons (Fsp3) is 0.444. The monoisotopic (exact) mass is 354 g/mol. The highest BCUT2D eigenvalue weighted by Gasteiger charge is 2.34. The lowest BCUT2D eigenvalue weighted by atomic mass is 9.74. The van der Waals surface area contributed by atoms with Crippen LogP contribution in [-0.4, -0.2) is 51.6 Å². The molecule has 0 spiro atoms. The van der Waals surface area contributed by atoms with Gasteiger partial charge in [0.2, 0.25) is 0 Å². The lowest BCUT2D eigenvalue weighted by molar-refractivity contribution is 0.0543. The van der Waals surface area contributed by atoms with Crippen molar-refractivity contribution < 1.29 is 9.47 Å². The van der Waals surface area contributed by atoms with Crippen molar-refractivity contribution in [2.75, 3.05) is 31.7 Å². The topological polar surface area (TPSA) is 86.5 Å². The molecule has 0 aliphatic carbocycles. The van der Waals surface area contributed by atoms with Crippen LogP contribution in [0.5, 0.6) is 5.75 Å². The number of ether oxygens (including phenoxy) is 2.